The van der Waals surface area contributed by atoms with E-state index in [1.807, 2.05) is 34.7 Å². The Labute approximate surface area is 182 Å². The van der Waals surface area contributed by atoms with Crippen LogP contribution >= 0.6 is 0 Å². The number of fused-ring (bicyclic) bond motifs is 4. The molecule has 2 fully saturated rings. The second-order valence-electron chi connectivity index (χ2n) is 9.31. The van der Waals surface area contributed by atoms with Gasteiger partial charge in [0.05, 0.1) is 31.5 Å². The number of aliphatic hydroxyl groups is 1. The first kappa shape index (κ1) is 20.8. The normalized spacial score (nSPS) is 23.5. The Bertz CT molecular complexity index is 1160. The molecule has 8 nitrogen and oxygen atoms in total. The van der Waals surface area contributed by atoms with E-state index in [4.69, 9.17) is 4.74 Å². The van der Waals surface area contributed by atoms with Gasteiger partial charge in [0.1, 0.15) is 5.75 Å². The number of methoxy groups -OCH3 is 1. The summed E-state index contributed by atoms with van der Waals surface area (Å²) in [5.74, 6) is 1.03. The van der Waals surface area contributed by atoms with Crippen LogP contribution in [0.3, 0.4) is 0 Å². The maximum absolute atomic E-state index is 12.8. The average Bonchev–Trinajstić information content (AvgIpc) is 2.95. The predicted molar refractivity (Wildman–Crippen MR) is 116 cm³/mol. The van der Waals surface area contributed by atoms with E-state index in [-0.39, 0.29) is 25.0 Å². The van der Waals surface area contributed by atoms with Gasteiger partial charge >= 0.3 is 0 Å². The molecule has 168 valence electrons. The van der Waals surface area contributed by atoms with E-state index < -0.39 is 21.5 Å². The average molecular weight is 448 g/mol. The number of benzene rings is 1. The molecular formula is C22H29N3O5S. The zero-order valence-corrected chi connectivity index (χ0v) is 19.0. The van der Waals surface area contributed by atoms with Crippen LogP contribution in [0.1, 0.15) is 36.6 Å². The van der Waals surface area contributed by atoms with E-state index in [0.29, 0.717) is 13.1 Å². The summed E-state index contributed by atoms with van der Waals surface area (Å²) >= 11 is 0. The minimum atomic E-state index is -3.56. The van der Waals surface area contributed by atoms with Crippen LogP contribution in [0.4, 0.5) is 0 Å². The van der Waals surface area contributed by atoms with Gasteiger partial charge in [0.2, 0.25) is 15.9 Å². The zero-order chi connectivity index (χ0) is 22.1. The van der Waals surface area contributed by atoms with Crippen LogP contribution < -0.4 is 4.74 Å². The van der Waals surface area contributed by atoms with Gasteiger partial charge in [0.15, 0.2) is 0 Å². The lowest BCUT2D eigenvalue weighted by atomic mass is 9.68. The molecule has 3 aliphatic rings. The van der Waals surface area contributed by atoms with Crippen molar-refractivity contribution in [2.24, 2.45) is 13.0 Å². The molecule has 1 atom stereocenters. The van der Waals surface area contributed by atoms with Crippen molar-refractivity contribution in [3.8, 4) is 5.75 Å². The number of rotatable bonds is 4. The number of aromatic nitrogens is 1. The molecule has 1 amide bonds. The predicted octanol–water partition coefficient (Wildman–Crippen LogP) is 1.38. The number of hydrogen-bond donors (Lipinski definition) is 1. The van der Waals surface area contributed by atoms with Gasteiger partial charge in [0.25, 0.3) is 0 Å². The third-order valence-electron chi connectivity index (χ3n) is 7.46. The fourth-order valence-electron chi connectivity index (χ4n) is 5.67. The number of aryl methyl sites for hydroxylation is 1. The molecule has 9 heteroatoms. The van der Waals surface area contributed by atoms with Crippen LogP contribution in [0.5, 0.6) is 5.75 Å². The van der Waals surface area contributed by atoms with E-state index in [0.717, 1.165) is 47.2 Å². The fraction of sp³-hybridized carbons (Fsp3) is 0.591. The van der Waals surface area contributed by atoms with E-state index in [1.54, 1.807) is 7.11 Å². The minimum absolute atomic E-state index is 0.119. The molecule has 3 heterocycles. The molecule has 1 aromatic heterocycles. The Hall–Kier alpha value is -2.10. The first-order valence-corrected chi connectivity index (χ1v) is 12.6. The van der Waals surface area contributed by atoms with Gasteiger partial charge in [-0.15, -0.1) is 0 Å². The number of carbonyl (C=O) groups excluding carboxylic acids is 1. The molecule has 5 rings (SSSR count). The highest BCUT2D eigenvalue weighted by atomic mass is 32.2. The molecule has 1 saturated heterocycles. The maximum Gasteiger partial charge on any atom is 0.225 e. The largest absolute Gasteiger partial charge is 0.497 e. The van der Waals surface area contributed by atoms with E-state index in [9.17, 15) is 18.3 Å². The maximum atomic E-state index is 12.8. The first-order chi connectivity index (χ1) is 14.7. The van der Waals surface area contributed by atoms with Gasteiger partial charge in [-0.25, -0.2) is 8.42 Å². The summed E-state index contributed by atoms with van der Waals surface area (Å²) in [6.07, 6.45) is 4.19. The highest BCUT2D eigenvalue weighted by molar-refractivity contribution is 7.88. The molecule has 2 aliphatic heterocycles. The Balaban J connectivity index is 1.66. The van der Waals surface area contributed by atoms with Crippen molar-refractivity contribution in [3.63, 3.8) is 0 Å². The highest BCUT2D eigenvalue weighted by Gasteiger charge is 2.56. The van der Waals surface area contributed by atoms with Crippen LogP contribution in [0.25, 0.3) is 10.9 Å². The SMILES string of the molecule is COc1ccc2c3c(n(C)c2c1)[C@H](CO)N(S(C)(=O)=O)CC31CN(C(=O)C2CCC2)C1. The molecule has 0 bridgehead atoms. The van der Waals surface area contributed by atoms with Crippen molar-refractivity contribution >= 4 is 26.8 Å². The lowest BCUT2D eigenvalue weighted by molar-refractivity contribution is -0.147. The van der Waals surface area contributed by atoms with E-state index >= 15 is 0 Å². The molecule has 1 aromatic carbocycles. The lowest BCUT2D eigenvalue weighted by Gasteiger charge is -2.56. The lowest BCUT2D eigenvalue weighted by Crippen LogP contribution is -2.69. The van der Waals surface area contributed by atoms with Crippen LogP contribution in [0.15, 0.2) is 18.2 Å². The molecule has 2 aromatic rings. The summed E-state index contributed by atoms with van der Waals surface area (Å²) in [4.78, 5) is 14.7. The molecule has 0 unspecified atom stereocenters. The summed E-state index contributed by atoms with van der Waals surface area (Å²) in [6.45, 7) is 0.973. The topological polar surface area (TPSA) is 92.1 Å². The summed E-state index contributed by atoms with van der Waals surface area (Å²) in [7, 11) is -0.0440. The number of amides is 1. The van der Waals surface area contributed by atoms with Crippen molar-refractivity contribution in [1.82, 2.24) is 13.8 Å². The van der Waals surface area contributed by atoms with Crippen molar-refractivity contribution in [1.29, 1.82) is 0 Å². The number of aliphatic hydroxyl groups excluding tert-OH is 1. The number of carbonyl (C=O) groups is 1. The van der Waals surface area contributed by atoms with E-state index in [1.165, 1.54) is 10.6 Å². The summed E-state index contributed by atoms with van der Waals surface area (Å²) in [6, 6.07) is 5.20. The summed E-state index contributed by atoms with van der Waals surface area (Å²) < 4.78 is 34.2. The molecule has 1 aliphatic carbocycles. The second-order valence-corrected chi connectivity index (χ2v) is 11.2. The Morgan fingerprint density at radius 1 is 1.26 bits per heavy atom. The summed E-state index contributed by atoms with van der Waals surface area (Å²) in [5, 5.41) is 11.3. The molecule has 1 saturated carbocycles. The smallest absolute Gasteiger partial charge is 0.225 e. The Morgan fingerprint density at radius 2 is 1.97 bits per heavy atom. The fourth-order valence-corrected chi connectivity index (χ4v) is 6.78. The van der Waals surface area contributed by atoms with Gasteiger partial charge in [-0.05, 0) is 30.5 Å². The van der Waals surface area contributed by atoms with Crippen LogP contribution in [-0.2, 0) is 27.3 Å². The third-order valence-corrected chi connectivity index (χ3v) is 8.69. The summed E-state index contributed by atoms with van der Waals surface area (Å²) in [5.41, 5.74) is 2.32. The third kappa shape index (κ3) is 2.93. The van der Waals surface area contributed by atoms with Crippen LogP contribution in [0, 0.1) is 5.92 Å². The molecule has 1 N–H and O–H groups in total. The van der Waals surface area contributed by atoms with Gasteiger partial charge in [-0.1, -0.05) is 6.42 Å². The number of ether oxygens (including phenoxy) is 1. The van der Waals surface area contributed by atoms with Gasteiger partial charge in [0, 0.05) is 55.2 Å². The van der Waals surface area contributed by atoms with Gasteiger partial charge < -0.3 is 19.3 Å². The minimum Gasteiger partial charge on any atom is -0.497 e. The van der Waals surface area contributed by atoms with Crippen molar-refractivity contribution < 1.29 is 23.1 Å². The van der Waals surface area contributed by atoms with Crippen molar-refractivity contribution in [2.45, 2.75) is 30.7 Å². The van der Waals surface area contributed by atoms with Crippen molar-refractivity contribution in [2.75, 3.05) is 39.6 Å². The van der Waals surface area contributed by atoms with Crippen LogP contribution in [0.2, 0.25) is 0 Å². The molecule has 31 heavy (non-hydrogen) atoms. The zero-order valence-electron chi connectivity index (χ0n) is 18.2. The Kier molecular flexibility index (Phi) is 4.66. The number of likely N-dealkylation sites (tertiary alicyclic amines) is 1. The second kappa shape index (κ2) is 6.95. The van der Waals surface area contributed by atoms with Gasteiger partial charge in [-0.3, -0.25) is 4.79 Å². The van der Waals surface area contributed by atoms with E-state index in [2.05, 4.69) is 0 Å². The number of sulfonamides is 1. The number of nitrogens with zero attached hydrogens (tertiary/aromatic N) is 3. The molecule has 0 radical (unpaired) electrons. The Morgan fingerprint density at radius 3 is 2.52 bits per heavy atom. The highest BCUT2D eigenvalue weighted by Crippen LogP contribution is 2.50. The van der Waals surface area contributed by atoms with Crippen LogP contribution in [-0.4, -0.2) is 72.8 Å². The van der Waals surface area contributed by atoms with Gasteiger partial charge in [-0.2, -0.15) is 4.31 Å². The van der Waals surface area contributed by atoms with Crippen molar-refractivity contribution in [3.05, 3.63) is 29.5 Å². The monoisotopic (exact) mass is 447 g/mol. The molecular weight excluding hydrogens is 418 g/mol. The molecule has 1 spiro atoms. The standard InChI is InChI=1S/C22H29N3O5S/c1-23-17-9-15(30-2)7-8-16(17)19-20(23)18(10-26)25(31(3,28)29)13-22(19)11-24(12-22)21(27)14-5-4-6-14/h7-9,14,18,26H,4-6,10-13H2,1-3H3/t18-/m0/s1. The first-order valence-electron chi connectivity index (χ1n) is 10.7. The quantitative estimate of drug-likeness (QED) is 0.765. The number of hydrogen-bond acceptors (Lipinski definition) is 5.